The van der Waals surface area contributed by atoms with E-state index in [0.29, 0.717) is 6.42 Å². The summed E-state index contributed by atoms with van der Waals surface area (Å²) in [5.74, 6) is 0.173. The monoisotopic (exact) mass is 242 g/mol. The Bertz CT molecular complexity index is 505. The van der Waals surface area contributed by atoms with Crippen LogP contribution in [0.4, 0.5) is 0 Å². The average Bonchev–Trinajstić information content (AvgIpc) is 2.40. The van der Waals surface area contributed by atoms with Crippen molar-refractivity contribution in [3.8, 4) is 0 Å². The van der Waals surface area contributed by atoms with Gasteiger partial charge in [0.1, 0.15) is 0 Å². The van der Waals surface area contributed by atoms with Gasteiger partial charge in [-0.25, -0.2) is 0 Å². The van der Waals surface area contributed by atoms with E-state index in [1.165, 1.54) is 4.90 Å². The van der Waals surface area contributed by atoms with Gasteiger partial charge in [0, 0.05) is 16.9 Å². The number of benzene rings is 2. The van der Waals surface area contributed by atoms with Crippen molar-refractivity contribution in [2.45, 2.75) is 11.3 Å². The number of rotatable bonds is 4. The molecule has 2 aromatic rings. The van der Waals surface area contributed by atoms with Crippen LogP contribution in [0, 0.1) is 0 Å². The summed E-state index contributed by atoms with van der Waals surface area (Å²) < 4.78 is 0. The molecule has 0 amide bonds. The van der Waals surface area contributed by atoms with Gasteiger partial charge in [0.2, 0.25) is 0 Å². The SMILES string of the molecule is CSc1ccccc1CC(=O)c1ccccc1. The molecule has 0 bridgehead atoms. The van der Waals surface area contributed by atoms with Crippen molar-refractivity contribution in [1.82, 2.24) is 0 Å². The van der Waals surface area contributed by atoms with Gasteiger partial charge in [-0.05, 0) is 17.9 Å². The number of thioether (sulfide) groups is 1. The highest BCUT2D eigenvalue weighted by Gasteiger charge is 2.08. The quantitative estimate of drug-likeness (QED) is 0.598. The Kier molecular flexibility index (Phi) is 3.99. The van der Waals surface area contributed by atoms with E-state index in [0.717, 1.165) is 11.1 Å². The Morgan fingerprint density at radius 1 is 1.00 bits per heavy atom. The molecule has 17 heavy (non-hydrogen) atoms. The van der Waals surface area contributed by atoms with E-state index in [2.05, 4.69) is 6.07 Å². The molecule has 0 fully saturated rings. The van der Waals surface area contributed by atoms with E-state index < -0.39 is 0 Å². The number of carbonyl (C=O) groups excluding carboxylic acids is 1. The minimum Gasteiger partial charge on any atom is -0.294 e. The van der Waals surface area contributed by atoms with Crippen molar-refractivity contribution < 1.29 is 4.79 Å². The van der Waals surface area contributed by atoms with Gasteiger partial charge < -0.3 is 0 Å². The van der Waals surface area contributed by atoms with E-state index in [-0.39, 0.29) is 5.78 Å². The topological polar surface area (TPSA) is 17.1 Å². The van der Waals surface area contributed by atoms with Crippen LogP contribution in [0.15, 0.2) is 59.5 Å². The van der Waals surface area contributed by atoms with E-state index in [4.69, 9.17) is 0 Å². The van der Waals surface area contributed by atoms with Crippen LogP contribution in [0.5, 0.6) is 0 Å². The molecule has 2 rings (SSSR count). The van der Waals surface area contributed by atoms with Crippen LogP contribution in [0.1, 0.15) is 15.9 Å². The van der Waals surface area contributed by atoms with Crippen molar-refractivity contribution in [2.75, 3.05) is 6.26 Å². The summed E-state index contributed by atoms with van der Waals surface area (Å²) in [5.41, 5.74) is 1.89. The minimum atomic E-state index is 0.173. The first-order valence-corrected chi connectivity index (χ1v) is 6.74. The van der Waals surface area contributed by atoms with Gasteiger partial charge in [-0.2, -0.15) is 0 Å². The van der Waals surface area contributed by atoms with Crippen molar-refractivity contribution in [3.63, 3.8) is 0 Å². The third-order valence-corrected chi connectivity index (χ3v) is 3.48. The smallest absolute Gasteiger partial charge is 0.167 e. The summed E-state index contributed by atoms with van der Waals surface area (Å²) in [4.78, 5) is 13.3. The lowest BCUT2D eigenvalue weighted by molar-refractivity contribution is 0.0992. The molecule has 86 valence electrons. The van der Waals surface area contributed by atoms with Gasteiger partial charge in [0.25, 0.3) is 0 Å². The summed E-state index contributed by atoms with van der Waals surface area (Å²) in [5, 5.41) is 0. The Labute approximate surface area is 106 Å². The molecule has 0 N–H and O–H groups in total. The fourth-order valence-corrected chi connectivity index (χ4v) is 2.37. The highest BCUT2D eigenvalue weighted by molar-refractivity contribution is 7.98. The Balaban J connectivity index is 2.19. The van der Waals surface area contributed by atoms with E-state index in [1.807, 2.05) is 54.8 Å². The predicted molar refractivity (Wildman–Crippen MR) is 72.7 cm³/mol. The molecular formula is C15H14OS. The van der Waals surface area contributed by atoms with Crippen LogP contribution in [0.2, 0.25) is 0 Å². The maximum atomic E-state index is 12.1. The molecule has 2 heteroatoms. The standard InChI is InChI=1S/C15H14OS/c1-17-15-10-6-5-9-13(15)11-14(16)12-7-3-2-4-8-12/h2-10H,11H2,1H3. The molecule has 0 heterocycles. The van der Waals surface area contributed by atoms with Crippen molar-refractivity contribution in [1.29, 1.82) is 0 Å². The zero-order chi connectivity index (χ0) is 12.1. The normalized spacial score (nSPS) is 10.2. The maximum Gasteiger partial charge on any atom is 0.167 e. The molecule has 0 saturated heterocycles. The van der Waals surface area contributed by atoms with Crippen LogP contribution in [-0.4, -0.2) is 12.0 Å². The highest BCUT2D eigenvalue weighted by Crippen LogP contribution is 2.21. The van der Waals surface area contributed by atoms with Crippen LogP contribution >= 0.6 is 11.8 Å². The second-order valence-electron chi connectivity index (χ2n) is 3.78. The van der Waals surface area contributed by atoms with Crippen LogP contribution in [0.25, 0.3) is 0 Å². The Morgan fingerprint density at radius 3 is 2.35 bits per heavy atom. The van der Waals surface area contributed by atoms with Crippen molar-refractivity contribution in [3.05, 3.63) is 65.7 Å². The van der Waals surface area contributed by atoms with Crippen molar-refractivity contribution in [2.24, 2.45) is 0 Å². The molecular weight excluding hydrogens is 228 g/mol. The van der Waals surface area contributed by atoms with Crippen LogP contribution in [-0.2, 0) is 6.42 Å². The number of hydrogen-bond acceptors (Lipinski definition) is 2. The summed E-state index contributed by atoms with van der Waals surface area (Å²) in [6, 6.07) is 17.5. The Hall–Kier alpha value is -1.54. The summed E-state index contributed by atoms with van der Waals surface area (Å²) in [6.45, 7) is 0. The molecule has 0 unspecified atom stereocenters. The first-order chi connectivity index (χ1) is 8.31. The van der Waals surface area contributed by atoms with E-state index in [9.17, 15) is 4.79 Å². The molecule has 0 aliphatic carbocycles. The highest BCUT2D eigenvalue weighted by atomic mass is 32.2. The van der Waals surface area contributed by atoms with E-state index in [1.54, 1.807) is 11.8 Å². The molecule has 0 aliphatic rings. The maximum absolute atomic E-state index is 12.1. The lowest BCUT2D eigenvalue weighted by atomic mass is 10.0. The third kappa shape index (κ3) is 2.98. The predicted octanol–water partition coefficient (Wildman–Crippen LogP) is 3.83. The molecule has 2 aromatic carbocycles. The van der Waals surface area contributed by atoms with Crippen LogP contribution < -0.4 is 0 Å². The first kappa shape index (κ1) is 11.9. The summed E-state index contributed by atoms with van der Waals surface area (Å²) in [7, 11) is 0. The number of Topliss-reactive ketones (excluding diaryl/α,β-unsaturated/α-hetero) is 1. The minimum absolute atomic E-state index is 0.173. The molecule has 0 saturated carbocycles. The Morgan fingerprint density at radius 2 is 1.65 bits per heavy atom. The molecule has 1 nitrogen and oxygen atoms in total. The van der Waals surface area contributed by atoms with E-state index >= 15 is 0 Å². The second kappa shape index (κ2) is 5.69. The zero-order valence-electron chi connectivity index (χ0n) is 9.72. The average molecular weight is 242 g/mol. The van der Waals surface area contributed by atoms with Gasteiger partial charge in [0.05, 0.1) is 0 Å². The summed E-state index contributed by atoms with van der Waals surface area (Å²) in [6.07, 6.45) is 2.51. The van der Waals surface area contributed by atoms with Gasteiger partial charge in [-0.15, -0.1) is 11.8 Å². The van der Waals surface area contributed by atoms with Gasteiger partial charge in [0.15, 0.2) is 5.78 Å². The lowest BCUT2D eigenvalue weighted by Gasteiger charge is -2.06. The van der Waals surface area contributed by atoms with Gasteiger partial charge >= 0.3 is 0 Å². The van der Waals surface area contributed by atoms with Crippen molar-refractivity contribution >= 4 is 17.5 Å². The van der Waals surface area contributed by atoms with Gasteiger partial charge in [-0.3, -0.25) is 4.79 Å². The summed E-state index contributed by atoms with van der Waals surface area (Å²) >= 11 is 1.68. The van der Waals surface area contributed by atoms with Gasteiger partial charge in [-0.1, -0.05) is 48.5 Å². The first-order valence-electron chi connectivity index (χ1n) is 5.51. The number of ketones is 1. The molecule has 0 spiro atoms. The molecule has 0 aliphatic heterocycles. The largest absolute Gasteiger partial charge is 0.294 e. The fraction of sp³-hybridized carbons (Fsp3) is 0.133. The lowest BCUT2D eigenvalue weighted by Crippen LogP contribution is -2.04. The van der Waals surface area contributed by atoms with Crippen LogP contribution in [0.3, 0.4) is 0 Å². The second-order valence-corrected chi connectivity index (χ2v) is 4.63. The zero-order valence-corrected chi connectivity index (χ0v) is 10.5. The number of hydrogen-bond donors (Lipinski definition) is 0. The molecule has 0 aromatic heterocycles. The third-order valence-electron chi connectivity index (χ3n) is 2.64. The molecule has 0 radical (unpaired) electrons. The fourth-order valence-electron chi connectivity index (χ4n) is 1.75. The number of carbonyl (C=O) groups is 1. The molecule has 0 atom stereocenters.